The second-order valence-electron chi connectivity index (χ2n) is 4.83. The number of benzene rings is 1. The van der Waals surface area contributed by atoms with E-state index in [1.807, 2.05) is 20.8 Å². The topological polar surface area (TPSA) is 34.1 Å². The predicted molar refractivity (Wildman–Crippen MR) is 65.2 cm³/mol. The lowest BCUT2D eigenvalue weighted by Gasteiger charge is -2.17. The van der Waals surface area contributed by atoms with Gasteiger partial charge in [-0.3, -0.25) is 9.59 Å². The molecular formula is C13H15ClO2. The first-order valence-electron chi connectivity index (χ1n) is 5.09. The number of carbonyl (C=O) groups excluding carboxylic acids is 2. The Morgan fingerprint density at radius 3 is 2.12 bits per heavy atom. The molecule has 1 aromatic carbocycles. The number of halogens is 1. The van der Waals surface area contributed by atoms with Crippen LogP contribution in [0.2, 0.25) is 5.02 Å². The fraction of sp³-hybridized carbons (Fsp3) is 0.385. The van der Waals surface area contributed by atoms with Crippen LogP contribution < -0.4 is 0 Å². The van der Waals surface area contributed by atoms with Gasteiger partial charge in [-0.05, 0) is 19.1 Å². The van der Waals surface area contributed by atoms with Crippen molar-refractivity contribution >= 4 is 23.2 Å². The van der Waals surface area contributed by atoms with Crippen LogP contribution in [0.25, 0.3) is 0 Å². The molecule has 0 N–H and O–H groups in total. The molecule has 3 heteroatoms. The fourth-order valence-corrected chi connectivity index (χ4v) is 1.59. The van der Waals surface area contributed by atoms with Gasteiger partial charge in [0.25, 0.3) is 0 Å². The van der Waals surface area contributed by atoms with E-state index in [0.29, 0.717) is 16.1 Å². The molecule has 0 saturated carbocycles. The highest BCUT2D eigenvalue weighted by Crippen LogP contribution is 2.26. The summed E-state index contributed by atoms with van der Waals surface area (Å²) >= 11 is 6.00. The van der Waals surface area contributed by atoms with E-state index in [-0.39, 0.29) is 11.6 Å². The van der Waals surface area contributed by atoms with Crippen LogP contribution >= 0.6 is 11.6 Å². The summed E-state index contributed by atoms with van der Waals surface area (Å²) in [6, 6.07) is 4.79. The molecule has 0 radical (unpaired) electrons. The standard InChI is InChI=1S/C13H15ClO2/c1-8(15)9-5-6-10(11(14)7-9)12(16)13(2,3)4/h5-7H,1-4H3. The predicted octanol–water partition coefficient (Wildman–Crippen LogP) is 3.77. The third-order valence-corrected chi connectivity index (χ3v) is 2.61. The van der Waals surface area contributed by atoms with E-state index >= 15 is 0 Å². The molecule has 0 saturated heterocycles. The first kappa shape index (κ1) is 12.9. The van der Waals surface area contributed by atoms with Gasteiger partial charge in [-0.2, -0.15) is 0 Å². The summed E-state index contributed by atoms with van der Waals surface area (Å²) in [6.07, 6.45) is 0. The van der Waals surface area contributed by atoms with Gasteiger partial charge in [-0.1, -0.05) is 38.4 Å². The SMILES string of the molecule is CC(=O)c1ccc(C(=O)C(C)(C)C)c(Cl)c1. The van der Waals surface area contributed by atoms with Crippen LogP contribution in [0.3, 0.4) is 0 Å². The van der Waals surface area contributed by atoms with Crippen LogP contribution in [0.15, 0.2) is 18.2 Å². The Hall–Kier alpha value is -1.15. The molecule has 0 aromatic heterocycles. The Kier molecular flexibility index (Phi) is 3.54. The lowest BCUT2D eigenvalue weighted by atomic mass is 9.86. The Balaban J connectivity index is 3.19. The zero-order valence-electron chi connectivity index (χ0n) is 9.93. The van der Waals surface area contributed by atoms with Gasteiger partial charge in [-0.25, -0.2) is 0 Å². The third-order valence-electron chi connectivity index (χ3n) is 2.30. The van der Waals surface area contributed by atoms with Crippen molar-refractivity contribution in [3.8, 4) is 0 Å². The Morgan fingerprint density at radius 2 is 1.75 bits per heavy atom. The van der Waals surface area contributed by atoms with Gasteiger partial charge in [0.15, 0.2) is 11.6 Å². The average Bonchev–Trinajstić information content (AvgIpc) is 2.15. The molecule has 0 bridgehead atoms. The van der Waals surface area contributed by atoms with Gasteiger partial charge in [0.2, 0.25) is 0 Å². The summed E-state index contributed by atoms with van der Waals surface area (Å²) in [7, 11) is 0. The van der Waals surface area contributed by atoms with E-state index in [9.17, 15) is 9.59 Å². The van der Waals surface area contributed by atoms with Crippen LogP contribution in [-0.4, -0.2) is 11.6 Å². The molecule has 2 nitrogen and oxygen atoms in total. The van der Waals surface area contributed by atoms with Crippen molar-refractivity contribution in [1.82, 2.24) is 0 Å². The minimum absolute atomic E-state index is 0.0207. The van der Waals surface area contributed by atoms with Gasteiger partial charge in [0, 0.05) is 16.5 Å². The maximum Gasteiger partial charge on any atom is 0.169 e. The molecule has 0 heterocycles. The normalized spacial score (nSPS) is 11.3. The van der Waals surface area contributed by atoms with Crippen molar-refractivity contribution < 1.29 is 9.59 Å². The molecule has 0 aliphatic carbocycles. The van der Waals surface area contributed by atoms with E-state index < -0.39 is 5.41 Å². The molecule has 0 spiro atoms. The molecule has 1 aromatic rings. The van der Waals surface area contributed by atoms with E-state index in [2.05, 4.69) is 0 Å². The number of ketones is 2. The number of rotatable bonds is 2. The second kappa shape index (κ2) is 4.38. The van der Waals surface area contributed by atoms with Crippen molar-refractivity contribution in [2.24, 2.45) is 5.41 Å². The molecule has 86 valence electrons. The van der Waals surface area contributed by atoms with Crippen LogP contribution in [0.4, 0.5) is 0 Å². The van der Waals surface area contributed by atoms with E-state index in [1.165, 1.54) is 6.92 Å². The van der Waals surface area contributed by atoms with Crippen LogP contribution in [0, 0.1) is 5.41 Å². The summed E-state index contributed by atoms with van der Waals surface area (Å²) in [5.74, 6) is -0.0794. The van der Waals surface area contributed by atoms with Gasteiger partial charge in [0.05, 0.1) is 5.02 Å². The van der Waals surface area contributed by atoms with Crippen molar-refractivity contribution in [3.05, 3.63) is 34.3 Å². The maximum absolute atomic E-state index is 12.0. The van der Waals surface area contributed by atoms with E-state index in [0.717, 1.165) is 0 Å². The van der Waals surface area contributed by atoms with Crippen molar-refractivity contribution in [3.63, 3.8) is 0 Å². The summed E-state index contributed by atoms with van der Waals surface area (Å²) in [5.41, 5.74) is 0.524. The Morgan fingerprint density at radius 1 is 1.19 bits per heavy atom. The number of hydrogen-bond donors (Lipinski definition) is 0. The number of hydrogen-bond acceptors (Lipinski definition) is 2. The maximum atomic E-state index is 12.0. The molecule has 16 heavy (non-hydrogen) atoms. The molecule has 0 unspecified atom stereocenters. The molecular weight excluding hydrogens is 224 g/mol. The molecule has 0 fully saturated rings. The van der Waals surface area contributed by atoms with E-state index in [1.54, 1.807) is 18.2 Å². The van der Waals surface area contributed by atoms with Gasteiger partial charge < -0.3 is 0 Å². The monoisotopic (exact) mass is 238 g/mol. The lowest BCUT2D eigenvalue weighted by molar-refractivity contribution is 0.0858. The van der Waals surface area contributed by atoms with Gasteiger partial charge >= 0.3 is 0 Å². The smallest absolute Gasteiger partial charge is 0.169 e. The van der Waals surface area contributed by atoms with Crippen molar-refractivity contribution in [1.29, 1.82) is 0 Å². The fourth-order valence-electron chi connectivity index (χ4n) is 1.32. The summed E-state index contributed by atoms with van der Waals surface area (Å²) < 4.78 is 0. The molecule has 1 rings (SSSR count). The molecule has 0 aliphatic rings. The van der Waals surface area contributed by atoms with E-state index in [4.69, 9.17) is 11.6 Å². The lowest BCUT2D eigenvalue weighted by Crippen LogP contribution is -2.20. The number of Topliss-reactive ketones (excluding diaryl/α,β-unsaturated/α-hetero) is 2. The highest BCUT2D eigenvalue weighted by Gasteiger charge is 2.24. The first-order chi connectivity index (χ1) is 7.23. The minimum Gasteiger partial charge on any atom is -0.295 e. The summed E-state index contributed by atoms with van der Waals surface area (Å²) in [4.78, 5) is 23.1. The zero-order chi connectivity index (χ0) is 12.5. The first-order valence-corrected chi connectivity index (χ1v) is 5.46. The van der Waals surface area contributed by atoms with Crippen molar-refractivity contribution in [2.45, 2.75) is 27.7 Å². The number of carbonyl (C=O) groups is 2. The largest absolute Gasteiger partial charge is 0.295 e. The third kappa shape index (κ3) is 2.70. The van der Waals surface area contributed by atoms with Crippen molar-refractivity contribution in [2.75, 3.05) is 0 Å². The average molecular weight is 239 g/mol. The van der Waals surface area contributed by atoms with Gasteiger partial charge in [-0.15, -0.1) is 0 Å². The Labute approximate surface area is 101 Å². The summed E-state index contributed by atoms with van der Waals surface area (Å²) in [6.45, 7) is 6.98. The highest BCUT2D eigenvalue weighted by atomic mass is 35.5. The summed E-state index contributed by atoms with van der Waals surface area (Å²) in [5, 5.41) is 0.340. The zero-order valence-corrected chi connectivity index (χ0v) is 10.7. The molecule has 0 amide bonds. The van der Waals surface area contributed by atoms with Gasteiger partial charge in [0.1, 0.15) is 0 Å². The molecule has 0 atom stereocenters. The second-order valence-corrected chi connectivity index (χ2v) is 5.24. The Bertz CT molecular complexity index is 442. The van der Waals surface area contributed by atoms with Crippen LogP contribution in [-0.2, 0) is 0 Å². The highest BCUT2D eigenvalue weighted by molar-refractivity contribution is 6.34. The molecule has 0 aliphatic heterocycles. The minimum atomic E-state index is -0.471. The quantitative estimate of drug-likeness (QED) is 0.735. The van der Waals surface area contributed by atoms with Crippen LogP contribution in [0.1, 0.15) is 48.4 Å². The van der Waals surface area contributed by atoms with Crippen LogP contribution in [0.5, 0.6) is 0 Å².